The van der Waals surface area contributed by atoms with E-state index in [9.17, 15) is 17.9 Å². The quantitative estimate of drug-likeness (QED) is 0.527. The molecule has 10 heteroatoms. The molecule has 0 fully saturated rings. The summed E-state index contributed by atoms with van der Waals surface area (Å²) in [5.41, 5.74) is 1.05. The fourth-order valence-electron chi connectivity index (χ4n) is 2.74. The molecule has 2 N–H and O–H groups in total. The average molecular weight is 467 g/mol. The highest BCUT2D eigenvalue weighted by atomic mass is 35.5. The van der Waals surface area contributed by atoms with Gasteiger partial charge >= 0.3 is 0 Å². The van der Waals surface area contributed by atoms with Crippen molar-refractivity contribution in [2.45, 2.75) is 6.10 Å². The van der Waals surface area contributed by atoms with Crippen molar-refractivity contribution in [3.63, 3.8) is 0 Å². The topological polar surface area (TPSA) is 100.0 Å². The van der Waals surface area contributed by atoms with Gasteiger partial charge in [-0.25, -0.2) is 17.8 Å². The molecule has 3 aromatic rings. The first-order valence-corrected chi connectivity index (χ1v) is 11.4. The molecule has 0 aliphatic carbocycles. The monoisotopic (exact) mass is 466 g/mol. The van der Waals surface area contributed by atoms with E-state index >= 15 is 0 Å². The number of hydrogen-bond donors (Lipinski definition) is 2. The third-order valence-corrected chi connectivity index (χ3v) is 5.57. The molecule has 2 aromatic carbocycles. The summed E-state index contributed by atoms with van der Waals surface area (Å²) in [4.78, 5) is 4.37. The van der Waals surface area contributed by atoms with Gasteiger partial charge in [0.15, 0.2) is 0 Å². The van der Waals surface area contributed by atoms with Crippen LogP contribution < -0.4 is 9.04 Å². The largest absolute Gasteiger partial charge is 0.457 e. The minimum atomic E-state index is -3.79. The second-order valence-electron chi connectivity index (χ2n) is 6.74. The Labute approximate surface area is 184 Å². The molecule has 7 nitrogen and oxygen atoms in total. The molecule has 0 aliphatic heterocycles. The second-order valence-corrected chi connectivity index (χ2v) is 9.08. The van der Waals surface area contributed by atoms with Gasteiger partial charge in [0.1, 0.15) is 23.1 Å². The molecule has 0 saturated carbocycles. The molecule has 1 heterocycles. The number of hydrogen-bond acceptors (Lipinski definition) is 6. The summed E-state index contributed by atoms with van der Waals surface area (Å²) in [6, 6.07) is 15.3. The van der Waals surface area contributed by atoms with E-state index in [1.165, 1.54) is 30.3 Å². The van der Waals surface area contributed by atoms with E-state index in [0.717, 1.165) is 10.6 Å². The first-order chi connectivity index (χ1) is 14.7. The van der Waals surface area contributed by atoms with Gasteiger partial charge in [-0.1, -0.05) is 11.6 Å². The van der Waals surface area contributed by atoms with E-state index in [0.29, 0.717) is 22.8 Å². The van der Waals surface area contributed by atoms with Crippen LogP contribution in [-0.4, -0.2) is 49.1 Å². The normalized spacial score (nSPS) is 12.4. The molecule has 0 spiro atoms. The second kappa shape index (κ2) is 9.61. The van der Waals surface area contributed by atoms with Crippen LogP contribution in [0.4, 0.5) is 10.2 Å². The number of aliphatic hydroxyl groups is 2. The summed E-state index contributed by atoms with van der Waals surface area (Å²) in [5.74, 6) is 0.648. The minimum absolute atomic E-state index is 0.0177. The maximum Gasteiger partial charge on any atom is 0.233 e. The van der Waals surface area contributed by atoms with Crippen LogP contribution in [0, 0.1) is 5.82 Å². The zero-order valence-electron chi connectivity index (χ0n) is 16.4. The van der Waals surface area contributed by atoms with Gasteiger partial charge < -0.3 is 14.9 Å². The fraction of sp³-hybridized carbons (Fsp3) is 0.190. The average Bonchev–Trinajstić information content (AvgIpc) is 2.72. The molecular formula is C21H20ClFN2O5S. The number of sulfonamides is 1. The van der Waals surface area contributed by atoms with Gasteiger partial charge in [0, 0.05) is 16.7 Å². The lowest BCUT2D eigenvalue weighted by Gasteiger charge is -2.24. The van der Waals surface area contributed by atoms with E-state index in [1.54, 1.807) is 30.3 Å². The van der Waals surface area contributed by atoms with Crippen LogP contribution in [0.2, 0.25) is 5.02 Å². The Morgan fingerprint density at radius 2 is 1.68 bits per heavy atom. The molecule has 0 radical (unpaired) electrons. The Kier molecular flexibility index (Phi) is 7.11. The van der Waals surface area contributed by atoms with Gasteiger partial charge in [0.05, 0.1) is 31.2 Å². The minimum Gasteiger partial charge on any atom is -0.457 e. The fourth-order valence-corrected chi connectivity index (χ4v) is 3.82. The van der Waals surface area contributed by atoms with Crippen molar-refractivity contribution in [3.05, 3.63) is 71.5 Å². The summed E-state index contributed by atoms with van der Waals surface area (Å²) < 4.78 is 43.9. The number of aromatic nitrogens is 1. The summed E-state index contributed by atoms with van der Waals surface area (Å²) in [5, 5.41) is 19.1. The van der Waals surface area contributed by atoms with Crippen LogP contribution in [-0.2, 0) is 10.0 Å². The van der Waals surface area contributed by atoms with E-state index < -0.39 is 22.7 Å². The van der Waals surface area contributed by atoms with Crippen molar-refractivity contribution in [2.24, 2.45) is 0 Å². The van der Waals surface area contributed by atoms with Crippen molar-refractivity contribution in [3.8, 4) is 22.8 Å². The Balaban J connectivity index is 1.89. The lowest BCUT2D eigenvalue weighted by molar-refractivity contribution is 0.102. The maximum absolute atomic E-state index is 13.0. The Hall–Kier alpha value is -2.72. The van der Waals surface area contributed by atoms with Gasteiger partial charge in [-0.2, -0.15) is 0 Å². The molecule has 0 aliphatic rings. The van der Waals surface area contributed by atoms with Gasteiger partial charge in [-0.05, 0) is 54.6 Å². The predicted octanol–water partition coefficient (Wildman–Crippen LogP) is 3.45. The van der Waals surface area contributed by atoms with E-state index in [2.05, 4.69) is 4.98 Å². The lowest BCUT2D eigenvalue weighted by atomic mass is 10.1. The number of nitrogens with zero attached hydrogens (tertiary/aromatic N) is 2. The Morgan fingerprint density at radius 3 is 2.23 bits per heavy atom. The SMILES string of the molecule is CS(=O)(=O)N(C[C@H](O)CO)c1cc(Cl)cc(-c2ccc(Oc3ccc(F)cc3)cc2)n1. The number of anilines is 1. The number of halogens is 2. The van der Waals surface area contributed by atoms with Gasteiger partial charge in [-0.15, -0.1) is 0 Å². The number of benzene rings is 2. The van der Waals surface area contributed by atoms with E-state index in [-0.39, 0.29) is 23.2 Å². The van der Waals surface area contributed by atoms with Crippen molar-refractivity contribution in [1.29, 1.82) is 0 Å². The highest BCUT2D eigenvalue weighted by molar-refractivity contribution is 7.92. The summed E-state index contributed by atoms with van der Waals surface area (Å²) in [6.45, 7) is -0.971. The molecule has 0 amide bonds. The summed E-state index contributed by atoms with van der Waals surface area (Å²) >= 11 is 6.19. The molecule has 0 unspecified atom stereocenters. The molecule has 1 atom stereocenters. The Morgan fingerprint density at radius 1 is 1.10 bits per heavy atom. The van der Waals surface area contributed by atoms with Crippen LogP contribution in [0.5, 0.6) is 11.5 Å². The number of rotatable bonds is 8. The first-order valence-electron chi connectivity index (χ1n) is 9.14. The Bertz CT molecular complexity index is 1140. The highest BCUT2D eigenvalue weighted by Gasteiger charge is 2.23. The molecule has 164 valence electrons. The van der Waals surface area contributed by atoms with Crippen molar-refractivity contribution >= 4 is 27.4 Å². The van der Waals surface area contributed by atoms with Crippen LogP contribution in [0.3, 0.4) is 0 Å². The standard InChI is InChI=1S/C21H20ClFN2O5S/c1-31(28,29)25(12-17(27)13-26)21-11-15(22)10-20(24-21)14-2-6-18(7-3-14)30-19-8-4-16(23)5-9-19/h2-11,17,26-27H,12-13H2,1H3/t17-/m0/s1. The lowest BCUT2D eigenvalue weighted by Crippen LogP contribution is -2.38. The zero-order valence-corrected chi connectivity index (χ0v) is 18.0. The van der Waals surface area contributed by atoms with Crippen molar-refractivity contribution in [1.82, 2.24) is 4.98 Å². The maximum atomic E-state index is 13.0. The molecule has 31 heavy (non-hydrogen) atoms. The van der Waals surface area contributed by atoms with Crippen LogP contribution in [0.1, 0.15) is 0 Å². The van der Waals surface area contributed by atoms with Crippen LogP contribution >= 0.6 is 11.6 Å². The van der Waals surface area contributed by atoms with Gasteiger partial charge in [-0.3, -0.25) is 4.31 Å². The molecule has 3 rings (SSSR count). The number of pyridine rings is 1. The zero-order chi connectivity index (χ0) is 22.6. The smallest absolute Gasteiger partial charge is 0.233 e. The van der Waals surface area contributed by atoms with Gasteiger partial charge in [0.2, 0.25) is 10.0 Å². The summed E-state index contributed by atoms with van der Waals surface area (Å²) in [6.07, 6.45) is -0.303. The highest BCUT2D eigenvalue weighted by Crippen LogP contribution is 2.29. The third-order valence-electron chi connectivity index (χ3n) is 4.22. The van der Waals surface area contributed by atoms with Crippen molar-refractivity contribution in [2.75, 3.05) is 23.7 Å². The van der Waals surface area contributed by atoms with E-state index in [1.807, 2.05) is 0 Å². The van der Waals surface area contributed by atoms with E-state index in [4.69, 9.17) is 21.4 Å². The van der Waals surface area contributed by atoms with Crippen LogP contribution in [0.15, 0.2) is 60.7 Å². The van der Waals surface area contributed by atoms with Crippen molar-refractivity contribution < 1.29 is 27.8 Å². The third kappa shape index (κ3) is 6.14. The van der Waals surface area contributed by atoms with Gasteiger partial charge in [0.25, 0.3) is 0 Å². The molecular weight excluding hydrogens is 447 g/mol. The number of aliphatic hydroxyl groups excluding tert-OH is 2. The summed E-state index contributed by atoms with van der Waals surface area (Å²) in [7, 11) is -3.79. The van der Waals surface area contributed by atoms with Crippen LogP contribution in [0.25, 0.3) is 11.3 Å². The molecule has 0 bridgehead atoms. The first kappa shape index (κ1) is 23.0. The molecule has 0 saturated heterocycles. The number of ether oxygens (including phenoxy) is 1. The predicted molar refractivity (Wildman–Crippen MR) is 116 cm³/mol. The molecule has 1 aromatic heterocycles.